The molecule has 0 unspecified atom stereocenters. The monoisotopic (exact) mass is 1050 g/mol. The van der Waals surface area contributed by atoms with Crippen LogP contribution in [0.2, 0.25) is 17.7 Å². The van der Waals surface area contributed by atoms with Gasteiger partial charge in [0.25, 0.3) is 0 Å². The maximum atomic E-state index is 13.7. The van der Waals surface area contributed by atoms with Crippen molar-refractivity contribution in [3.05, 3.63) is 24.3 Å². The predicted molar refractivity (Wildman–Crippen MR) is 263 cm³/mol. The molecule has 0 radical (unpaired) electrons. The first-order chi connectivity index (χ1) is 28.9. The van der Waals surface area contributed by atoms with E-state index in [2.05, 4.69) is 65.8 Å². The Morgan fingerprint density at radius 2 is 0.559 bits per heavy atom. The van der Waals surface area contributed by atoms with Crippen molar-refractivity contribution >= 4 is 50.3 Å². The quantitative estimate of drug-likeness (QED) is 0.0345. The van der Waals surface area contributed by atoms with Gasteiger partial charge in [0.15, 0.2) is 0 Å². The van der Waals surface area contributed by atoms with Crippen LogP contribution in [0.4, 0.5) is 0 Å². The molecule has 0 aromatic rings. The molecule has 7 heteroatoms. The summed E-state index contributed by atoms with van der Waals surface area (Å²) in [7, 11) is 0. The summed E-state index contributed by atoms with van der Waals surface area (Å²) in [5.41, 5.74) is 0. The molecule has 0 fully saturated rings. The number of carbonyl (C=O) groups excluding carboxylic acids is 2. The second kappa shape index (κ2) is 44.6. The minimum Gasteiger partial charge on any atom is -0.0654 e. The molecule has 0 aromatic heterocycles. The maximum absolute atomic E-state index is 13.7. The van der Waals surface area contributed by atoms with Crippen molar-refractivity contribution in [3.63, 3.8) is 0 Å². The van der Waals surface area contributed by atoms with Crippen LogP contribution in [0, 0.1) is 0 Å². The zero-order valence-electron chi connectivity index (χ0n) is 40.6. The molecule has 348 valence electrons. The number of rotatable bonds is 46. The van der Waals surface area contributed by atoms with Gasteiger partial charge in [-0.1, -0.05) is 78.1 Å². The molecule has 0 saturated carbocycles. The Morgan fingerprint density at radius 3 is 0.831 bits per heavy atom. The summed E-state index contributed by atoms with van der Waals surface area (Å²) >= 11 is -7.87. The van der Waals surface area contributed by atoms with Crippen LogP contribution in [-0.2, 0) is 17.1 Å². The van der Waals surface area contributed by atoms with Gasteiger partial charge in [0.1, 0.15) is 0 Å². The van der Waals surface area contributed by atoms with Gasteiger partial charge in [-0.05, 0) is 12.8 Å². The first-order valence-corrected chi connectivity index (χ1v) is 39.0. The van der Waals surface area contributed by atoms with Crippen LogP contribution in [-0.4, -0.2) is 50.3 Å². The Morgan fingerprint density at radius 1 is 0.322 bits per heavy atom. The van der Waals surface area contributed by atoms with E-state index in [1.54, 1.807) is 0 Å². The Hall–Kier alpha value is -0.0226. The minimum absolute atomic E-state index is 0.0450. The fraction of sp³-hybridized carbons (Fsp3) is 0.885. The molecule has 0 atom stereocenters. The summed E-state index contributed by atoms with van der Waals surface area (Å²) in [6.45, 7) is 13.5. The smallest absolute Gasteiger partial charge is 0.0654 e. The Kier molecular flexibility index (Phi) is 44.6. The molecule has 0 heterocycles. The molecule has 0 N–H and O–H groups in total. The zero-order valence-corrected chi connectivity index (χ0v) is 46.3. The van der Waals surface area contributed by atoms with Gasteiger partial charge >= 0.3 is 291 Å². The molecular weight excluding hydrogens is 942 g/mol. The number of hydrogen-bond acceptors (Lipinski definition) is 5. The van der Waals surface area contributed by atoms with E-state index in [9.17, 15) is 9.59 Å². The third-order valence-electron chi connectivity index (χ3n) is 11.9. The van der Waals surface area contributed by atoms with Crippen molar-refractivity contribution in [1.29, 1.82) is 0 Å². The van der Waals surface area contributed by atoms with E-state index < -0.39 is 38.4 Å². The Balaban J connectivity index is 5.15. The van der Waals surface area contributed by atoms with Crippen molar-refractivity contribution in [2.45, 2.75) is 290 Å². The van der Waals surface area contributed by atoms with Gasteiger partial charge in [0.2, 0.25) is 0 Å². The summed E-state index contributed by atoms with van der Waals surface area (Å²) in [6.07, 6.45) is 51.2. The molecule has 59 heavy (non-hydrogen) atoms. The van der Waals surface area contributed by atoms with Crippen molar-refractivity contribution in [2.24, 2.45) is 0 Å². The SMILES string of the molecule is CCCCCCCC/C=C/CCCCCCCC(=O)[O][Sn]([CH2]CCC)([CH2]CCC)[O][Sn]([CH2]CCC)([CH2]CCC)[O]C(=O)CCCCCCC/C=C/CCCCCCCC. The fourth-order valence-corrected chi connectivity index (χ4v) is 49.5. The van der Waals surface area contributed by atoms with E-state index in [-0.39, 0.29) is 11.9 Å². The van der Waals surface area contributed by atoms with Gasteiger partial charge in [0.05, 0.1) is 0 Å². The van der Waals surface area contributed by atoms with Gasteiger partial charge in [0, 0.05) is 0 Å². The van der Waals surface area contributed by atoms with Gasteiger partial charge < -0.3 is 0 Å². The van der Waals surface area contributed by atoms with E-state index in [4.69, 9.17) is 7.56 Å². The van der Waals surface area contributed by atoms with E-state index in [1.165, 1.54) is 141 Å². The van der Waals surface area contributed by atoms with Gasteiger partial charge in [-0.2, -0.15) is 0 Å². The zero-order chi connectivity index (χ0) is 43.4. The third kappa shape index (κ3) is 37.1. The van der Waals surface area contributed by atoms with Gasteiger partial charge in [-0.25, -0.2) is 0 Å². The van der Waals surface area contributed by atoms with E-state index >= 15 is 0 Å². The van der Waals surface area contributed by atoms with E-state index in [0.717, 1.165) is 94.8 Å². The van der Waals surface area contributed by atoms with Crippen LogP contribution < -0.4 is 0 Å². The molecule has 0 saturated heterocycles. The van der Waals surface area contributed by atoms with Crippen LogP contribution >= 0.6 is 0 Å². The Labute approximate surface area is 379 Å². The fourth-order valence-electron chi connectivity index (χ4n) is 8.02. The summed E-state index contributed by atoms with van der Waals surface area (Å²) in [5.74, 6) is -0.0900. The van der Waals surface area contributed by atoms with Crippen LogP contribution in [0.15, 0.2) is 24.3 Å². The van der Waals surface area contributed by atoms with E-state index in [1.807, 2.05) is 0 Å². The number of unbranched alkanes of at least 4 members (excludes halogenated alkanes) is 26. The molecular formula is C52H102O5Sn2. The summed E-state index contributed by atoms with van der Waals surface area (Å²) in [5, 5.41) is 0. The van der Waals surface area contributed by atoms with Crippen LogP contribution in [0.3, 0.4) is 0 Å². The second-order valence-corrected chi connectivity index (χ2v) is 39.7. The van der Waals surface area contributed by atoms with Crippen molar-refractivity contribution in [2.75, 3.05) is 0 Å². The Bertz CT molecular complexity index is 890. The topological polar surface area (TPSA) is 61.8 Å². The molecule has 0 aliphatic carbocycles. The molecule has 0 spiro atoms. The van der Waals surface area contributed by atoms with Crippen molar-refractivity contribution < 1.29 is 17.1 Å². The van der Waals surface area contributed by atoms with E-state index in [0.29, 0.717) is 12.8 Å². The molecule has 0 bridgehead atoms. The van der Waals surface area contributed by atoms with Crippen molar-refractivity contribution in [1.82, 2.24) is 0 Å². The second-order valence-electron chi connectivity index (χ2n) is 18.0. The molecule has 0 amide bonds. The summed E-state index contributed by atoms with van der Waals surface area (Å²) in [4.78, 5) is 27.4. The normalized spacial score (nSPS) is 12.3. The number of carbonyl (C=O) groups is 2. The number of hydrogen-bond donors (Lipinski definition) is 0. The molecule has 5 nitrogen and oxygen atoms in total. The molecule has 0 aliphatic rings. The summed E-state index contributed by atoms with van der Waals surface area (Å²) in [6, 6.07) is 0. The van der Waals surface area contributed by atoms with Crippen LogP contribution in [0.1, 0.15) is 273 Å². The molecule has 0 rings (SSSR count). The van der Waals surface area contributed by atoms with Crippen molar-refractivity contribution in [3.8, 4) is 0 Å². The standard InChI is InChI=1S/2C18H34O2.4C4H9.O.2Sn/c2*1-2-3-4-5-6-7-8-9-10-11-12-13-14-15-16-17-18(19)20;4*1-3-4-2;;;/h2*9-10H,2-8,11-17H2,1H3,(H,19,20);4*1,3-4H2,2H3;;;/q;;;;;;;2*+1/p-2/b2*10-9+;;;;;;;. The third-order valence-corrected chi connectivity index (χ3v) is 44.4. The first kappa shape index (κ1) is 59.0. The molecule has 0 aromatic carbocycles. The molecule has 0 aliphatic heterocycles. The number of allylic oxidation sites excluding steroid dienone is 4. The average Bonchev–Trinajstić information content (AvgIpc) is 3.23. The van der Waals surface area contributed by atoms with Crippen LogP contribution in [0.25, 0.3) is 0 Å². The predicted octanol–water partition coefficient (Wildman–Crippen LogP) is 18.2. The van der Waals surface area contributed by atoms with Crippen LogP contribution in [0.5, 0.6) is 0 Å². The summed E-state index contributed by atoms with van der Waals surface area (Å²) < 4.78 is 24.6. The van der Waals surface area contributed by atoms with Gasteiger partial charge in [-0.3, -0.25) is 0 Å². The average molecular weight is 1040 g/mol. The van der Waals surface area contributed by atoms with Gasteiger partial charge in [-0.15, -0.1) is 0 Å². The first-order valence-electron chi connectivity index (χ1n) is 26.3. The minimum atomic E-state index is -3.93.